The number of rotatable bonds is 8. The summed E-state index contributed by atoms with van der Waals surface area (Å²) in [4.78, 5) is 39.5. The highest BCUT2D eigenvalue weighted by molar-refractivity contribution is 6.00. The second-order valence-corrected chi connectivity index (χ2v) is 9.63. The fourth-order valence-electron chi connectivity index (χ4n) is 5.17. The van der Waals surface area contributed by atoms with Gasteiger partial charge in [0, 0.05) is 49.6 Å². The first-order chi connectivity index (χ1) is 18.2. The van der Waals surface area contributed by atoms with Gasteiger partial charge >= 0.3 is 11.9 Å². The molecule has 1 saturated heterocycles. The van der Waals surface area contributed by atoms with Gasteiger partial charge in [-0.3, -0.25) is 15.0 Å². The maximum Gasteiger partial charge on any atom is 0.337 e. The number of carbonyl (C=O) groups is 2. The van der Waals surface area contributed by atoms with Crippen LogP contribution in [0.1, 0.15) is 37.3 Å². The number of non-ortho nitro benzene ring substituents is 1. The number of dihydropyridines is 1. The van der Waals surface area contributed by atoms with Crippen molar-refractivity contribution in [1.29, 1.82) is 0 Å². The van der Waals surface area contributed by atoms with E-state index in [4.69, 9.17) is 9.47 Å². The maximum atomic E-state index is 14.5. The summed E-state index contributed by atoms with van der Waals surface area (Å²) in [5, 5.41) is 14.5. The van der Waals surface area contributed by atoms with Gasteiger partial charge in [-0.05, 0) is 25.0 Å². The highest BCUT2D eigenvalue weighted by atomic mass is 19.1. The highest BCUT2D eigenvalue weighted by Gasteiger charge is 2.45. The zero-order valence-electron chi connectivity index (χ0n) is 21.5. The van der Waals surface area contributed by atoms with Crippen LogP contribution < -0.4 is 5.32 Å². The number of benzene rings is 2. The number of alkyl halides is 1. The first kappa shape index (κ1) is 27.0. The van der Waals surface area contributed by atoms with Gasteiger partial charge in [0.2, 0.25) is 0 Å². The molecular weight excluding hydrogens is 493 g/mol. The van der Waals surface area contributed by atoms with Gasteiger partial charge in [0.1, 0.15) is 6.67 Å². The molecule has 2 unspecified atom stereocenters. The van der Waals surface area contributed by atoms with Crippen LogP contribution in [0.3, 0.4) is 0 Å². The van der Waals surface area contributed by atoms with Crippen molar-refractivity contribution in [2.75, 3.05) is 26.9 Å². The van der Waals surface area contributed by atoms with Crippen LogP contribution in [0.5, 0.6) is 0 Å². The average molecular weight is 524 g/mol. The molecular formula is C28H30FN3O6. The number of esters is 2. The molecule has 2 atom stereocenters. The number of methoxy groups -OCH3 is 1. The van der Waals surface area contributed by atoms with Crippen molar-refractivity contribution in [3.05, 3.63) is 98.4 Å². The smallest absolute Gasteiger partial charge is 0.337 e. The number of nitrogens with one attached hydrogen (secondary N) is 1. The molecule has 4 rings (SSSR count). The Bertz CT molecular complexity index is 1310. The van der Waals surface area contributed by atoms with E-state index >= 15 is 0 Å². The van der Waals surface area contributed by atoms with Crippen LogP contribution in [0.15, 0.2) is 77.1 Å². The first-order valence-electron chi connectivity index (χ1n) is 12.2. The molecule has 38 heavy (non-hydrogen) atoms. The fourth-order valence-corrected chi connectivity index (χ4v) is 5.17. The molecule has 0 radical (unpaired) electrons. The topological polar surface area (TPSA) is 111 Å². The lowest BCUT2D eigenvalue weighted by Crippen LogP contribution is -2.42. The van der Waals surface area contributed by atoms with Crippen LogP contribution in [0.25, 0.3) is 0 Å². The number of hydrogen-bond donors (Lipinski definition) is 1. The Hall–Kier alpha value is -4.05. The summed E-state index contributed by atoms with van der Waals surface area (Å²) in [5.41, 5.74) is 0.912. The summed E-state index contributed by atoms with van der Waals surface area (Å²) >= 11 is 0. The number of carbonyl (C=O) groups excluding carboxylic acids is 2. The number of ether oxygens (including phenoxy) is 2. The van der Waals surface area contributed by atoms with Crippen molar-refractivity contribution in [3.8, 4) is 0 Å². The van der Waals surface area contributed by atoms with E-state index in [1.807, 2.05) is 35.2 Å². The van der Waals surface area contributed by atoms with Gasteiger partial charge in [-0.1, -0.05) is 42.5 Å². The van der Waals surface area contributed by atoms with Crippen molar-refractivity contribution < 1.29 is 28.4 Å². The fraction of sp³-hybridized carbons (Fsp3) is 0.357. The lowest BCUT2D eigenvalue weighted by molar-refractivity contribution is -0.384. The number of likely N-dealkylation sites (tertiary alicyclic amines) is 1. The van der Waals surface area contributed by atoms with E-state index in [9.17, 15) is 24.1 Å². The Labute approximate surface area is 220 Å². The van der Waals surface area contributed by atoms with Gasteiger partial charge in [0.25, 0.3) is 5.69 Å². The third-order valence-corrected chi connectivity index (χ3v) is 7.00. The molecule has 2 aromatic rings. The number of nitro benzene ring substituents is 1. The number of nitrogens with zero attached hydrogens (tertiary/aromatic N) is 2. The van der Waals surface area contributed by atoms with Crippen molar-refractivity contribution in [2.45, 2.75) is 38.3 Å². The predicted molar refractivity (Wildman–Crippen MR) is 138 cm³/mol. The molecule has 0 saturated carbocycles. The molecule has 0 bridgehead atoms. The molecule has 9 nitrogen and oxygen atoms in total. The van der Waals surface area contributed by atoms with Crippen molar-refractivity contribution in [3.63, 3.8) is 0 Å². The number of hydrogen-bond acceptors (Lipinski definition) is 8. The Morgan fingerprint density at radius 2 is 1.79 bits per heavy atom. The third kappa shape index (κ3) is 5.45. The third-order valence-electron chi connectivity index (χ3n) is 7.00. The van der Waals surface area contributed by atoms with Crippen molar-refractivity contribution in [2.24, 2.45) is 0 Å². The lowest BCUT2D eigenvalue weighted by Gasteiger charge is -2.33. The highest BCUT2D eigenvalue weighted by Crippen LogP contribution is 2.41. The van der Waals surface area contributed by atoms with Crippen LogP contribution >= 0.6 is 0 Å². The summed E-state index contributed by atoms with van der Waals surface area (Å²) < 4.78 is 25.4. The van der Waals surface area contributed by atoms with Crippen LogP contribution in [0.2, 0.25) is 0 Å². The zero-order chi connectivity index (χ0) is 27.4. The second-order valence-electron chi connectivity index (χ2n) is 9.63. The van der Waals surface area contributed by atoms with E-state index in [0.717, 1.165) is 5.56 Å². The number of halogens is 1. The van der Waals surface area contributed by atoms with Gasteiger partial charge in [-0.15, -0.1) is 0 Å². The Balaban J connectivity index is 1.67. The summed E-state index contributed by atoms with van der Waals surface area (Å²) in [6.07, 6.45) is 0.308. The normalized spacial score (nSPS) is 21.7. The molecule has 0 amide bonds. The van der Waals surface area contributed by atoms with Crippen LogP contribution in [-0.2, 0) is 25.6 Å². The number of nitro groups is 1. The molecule has 2 aliphatic heterocycles. The van der Waals surface area contributed by atoms with E-state index < -0.39 is 35.1 Å². The molecule has 0 aliphatic carbocycles. The molecule has 1 N–H and O–H groups in total. The van der Waals surface area contributed by atoms with Crippen molar-refractivity contribution in [1.82, 2.24) is 10.2 Å². The van der Waals surface area contributed by atoms with Gasteiger partial charge < -0.3 is 14.8 Å². The zero-order valence-corrected chi connectivity index (χ0v) is 21.5. The van der Waals surface area contributed by atoms with E-state index in [1.54, 1.807) is 19.9 Å². The minimum Gasteiger partial charge on any atom is -0.466 e. The predicted octanol–water partition coefficient (Wildman–Crippen LogP) is 4.16. The number of allylic oxidation sites excluding steroid dienone is 2. The quantitative estimate of drug-likeness (QED) is 0.312. The monoisotopic (exact) mass is 523 g/mol. The molecule has 10 heteroatoms. The van der Waals surface area contributed by atoms with E-state index in [0.29, 0.717) is 36.5 Å². The molecule has 200 valence electrons. The standard InChI is InChI=1S/C28H30FN3O6/c1-18-23(26(33)37-3)25(21-10-7-11-22(14-21)32(35)36)24(19(2)30-18)27(34)38-28(16-29)12-13-31(17-28)15-20-8-5-4-6-9-20/h4-11,14,25,30H,12-13,15-17H2,1-3H3. The van der Waals surface area contributed by atoms with Crippen LogP contribution in [-0.4, -0.2) is 54.2 Å². The summed E-state index contributed by atoms with van der Waals surface area (Å²) in [5.74, 6) is -2.49. The summed E-state index contributed by atoms with van der Waals surface area (Å²) in [6.45, 7) is 3.78. The van der Waals surface area contributed by atoms with Crippen molar-refractivity contribution >= 4 is 17.6 Å². The molecule has 2 aromatic carbocycles. The minimum atomic E-state index is -1.35. The van der Waals surface area contributed by atoms with Crippen LogP contribution in [0.4, 0.5) is 10.1 Å². The van der Waals surface area contributed by atoms with Gasteiger partial charge in [0.05, 0.1) is 29.1 Å². The molecule has 0 aromatic heterocycles. The Morgan fingerprint density at radius 3 is 2.42 bits per heavy atom. The molecule has 2 heterocycles. The van der Waals surface area contributed by atoms with Gasteiger partial charge in [-0.2, -0.15) is 0 Å². The maximum absolute atomic E-state index is 14.5. The second kappa shape index (κ2) is 11.1. The molecule has 1 fully saturated rings. The van der Waals surface area contributed by atoms with E-state index in [1.165, 1.54) is 25.3 Å². The lowest BCUT2D eigenvalue weighted by atomic mass is 9.80. The summed E-state index contributed by atoms with van der Waals surface area (Å²) in [6, 6.07) is 15.5. The Kier molecular flexibility index (Phi) is 7.91. The minimum absolute atomic E-state index is 0.0748. The van der Waals surface area contributed by atoms with Gasteiger partial charge in [0.15, 0.2) is 5.60 Å². The van der Waals surface area contributed by atoms with E-state index in [2.05, 4.69) is 5.32 Å². The average Bonchev–Trinajstić information content (AvgIpc) is 3.30. The summed E-state index contributed by atoms with van der Waals surface area (Å²) in [7, 11) is 1.22. The Morgan fingerprint density at radius 1 is 1.11 bits per heavy atom. The molecule has 0 spiro atoms. The van der Waals surface area contributed by atoms with E-state index in [-0.39, 0.29) is 23.4 Å². The first-order valence-corrected chi connectivity index (χ1v) is 12.2. The SMILES string of the molecule is COC(=O)C1=C(C)NC(C)=C(C(=O)OC2(CF)CCN(Cc3ccccc3)C2)C1c1cccc([N+](=O)[O-])c1. The van der Waals surface area contributed by atoms with Gasteiger partial charge in [-0.25, -0.2) is 14.0 Å². The molecule has 2 aliphatic rings. The largest absolute Gasteiger partial charge is 0.466 e. The van der Waals surface area contributed by atoms with Crippen LogP contribution in [0, 0.1) is 10.1 Å².